The highest BCUT2D eigenvalue weighted by molar-refractivity contribution is 7.09. The summed E-state index contributed by atoms with van der Waals surface area (Å²) < 4.78 is 5.61. The van der Waals surface area contributed by atoms with Gasteiger partial charge in [-0.2, -0.15) is 0 Å². The second-order valence-corrected chi connectivity index (χ2v) is 7.01. The largest absolute Gasteiger partial charge is 0.376 e. The summed E-state index contributed by atoms with van der Waals surface area (Å²) in [4.78, 5) is 21.2. The van der Waals surface area contributed by atoms with Crippen LogP contribution in [-0.4, -0.2) is 65.6 Å². The van der Waals surface area contributed by atoms with Gasteiger partial charge >= 0.3 is 0 Å². The third kappa shape index (κ3) is 3.44. The summed E-state index contributed by atoms with van der Waals surface area (Å²) in [5, 5.41) is 2.82. The molecular weight excluding hydrogens is 286 g/mol. The van der Waals surface area contributed by atoms with E-state index in [2.05, 4.69) is 16.8 Å². The number of morpholine rings is 1. The van der Waals surface area contributed by atoms with E-state index in [1.807, 2.05) is 17.2 Å². The Bertz CT molecular complexity index is 497. The number of piperidine rings is 1. The predicted molar refractivity (Wildman–Crippen MR) is 82.8 cm³/mol. The SMILES string of the molecule is Cc1nc(C(=O)N2CCC(N3CCOC(C)C3)CC2)cs1. The quantitative estimate of drug-likeness (QED) is 0.835. The Balaban J connectivity index is 1.54. The second kappa shape index (κ2) is 6.42. The molecule has 0 bridgehead atoms. The van der Waals surface area contributed by atoms with Crippen LogP contribution in [0, 0.1) is 6.92 Å². The number of aryl methyl sites for hydroxylation is 1. The highest BCUT2D eigenvalue weighted by Crippen LogP contribution is 2.21. The first-order chi connectivity index (χ1) is 10.1. The topological polar surface area (TPSA) is 45.7 Å². The number of hydrogen-bond acceptors (Lipinski definition) is 5. The number of nitrogens with zero attached hydrogens (tertiary/aromatic N) is 3. The van der Waals surface area contributed by atoms with Crippen LogP contribution in [0.2, 0.25) is 0 Å². The fourth-order valence-corrected chi connectivity index (χ4v) is 3.82. The smallest absolute Gasteiger partial charge is 0.273 e. The molecule has 0 N–H and O–H groups in total. The van der Waals surface area contributed by atoms with Crippen LogP contribution in [0.15, 0.2) is 5.38 Å². The van der Waals surface area contributed by atoms with Crippen LogP contribution in [0.3, 0.4) is 0 Å². The monoisotopic (exact) mass is 309 g/mol. The van der Waals surface area contributed by atoms with Crippen molar-refractivity contribution in [1.82, 2.24) is 14.8 Å². The van der Waals surface area contributed by atoms with Crippen molar-refractivity contribution in [2.45, 2.75) is 38.8 Å². The van der Waals surface area contributed by atoms with Gasteiger partial charge < -0.3 is 9.64 Å². The summed E-state index contributed by atoms with van der Waals surface area (Å²) in [7, 11) is 0. The third-order valence-corrected chi connectivity index (χ3v) is 5.15. The van der Waals surface area contributed by atoms with Crippen LogP contribution < -0.4 is 0 Å². The van der Waals surface area contributed by atoms with E-state index in [9.17, 15) is 4.79 Å². The standard InChI is InChI=1S/C15H23N3O2S/c1-11-9-18(7-8-20-11)13-3-5-17(6-4-13)15(19)14-10-21-12(2)16-14/h10-11,13H,3-9H2,1-2H3. The van der Waals surface area contributed by atoms with Crippen molar-refractivity contribution in [1.29, 1.82) is 0 Å². The number of carbonyl (C=O) groups is 1. The molecule has 0 radical (unpaired) electrons. The Hall–Kier alpha value is -0.980. The van der Waals surface area contributed by atoms with Crippen LogP contribution in [-0.2, 0) is 4.74 Å². The molecule has 3 rings (SSSR count). The van der Waals surface area contributed by atoms with Gasteiger partial charge in [-0.05, 0) is 26.7 Å². The maximum Gasteiger partial charge on any atom is 0.273 e. The van der Waals surface area contributed by atoms with E-state index in [1.54, 1.807) is 0 Å². The number of hydrogen-bond donors (Lipinski definition) is 0. The molecule has 1 unspecified atom stereocenters. The van der Waals surface area contributed by atoms with Gasteiger partial charge in [0, 0.05) is 37.6 Å². The van der Waals surface area contributed by atoms with Crippen LogP contribution in [0.5, 0.6) is 0 Å². The van der Waals surface area contributed by atoms with Crippen LogP contribution in [0.1, 0.15) is 35.3 Å². The van der Waals surface area contributed by atoms with Crippen LogP contribution >= 0.6 is 11.3 Å². The molecule has 21 heavy (non-hydrogen) atoms. The normalized spacial score (nSPS) is 25.2. The first kappa shape index (κ1) is 14.9. The summed E-state index contributed by atoms with van der Waals surface area (Å²) in [5.41, 5.74) is 0.607. The van der Waals surface area contributed by atoms with Gasteiger partial charge in [0.1, 0.15) is 5.69 Å². The van der Waals surface area contributed by atoms with Gasteiger partial charge in [-0.1, -0.05) is 0 Å². The van der Waals surface area contributed by atoms with Crippen LogP contribution in [0.25, 0.3) is 0 Å². The summed E-state index contributed by atoms with van der Waals surface area (Å²) >= 11 is 1.54. The molecule has 116 valence electrons. The fourth-order valence-electron chi connectivity index (χ4n) is 3.23. The maximum atomic E-state index is 12.4. The number of amides is 1. The van der Waals surface area contributed by atoms with Crippen molar-refractivity contribution < 1.29 is 9.53 Å². The summed E-state index contributed by atoms with van der Waals surface area (Å²) in [5.74, 6) is 0.0909. The Morgan fingerprint density at radius 2 is 2.14 bits per heavy atom. The molecule has 3 heterocycles. The van der Waals surface area contributed by atoms with Gasteiger partial charge in [0.15, 0.2) is 0 Å². The summed E-state index contributed by atoms with van der Waals surface area (Å²) in [6.07, 6.45) is 2.44. The Kier molecular flexibility index (Phi) is 4.57. The highest BCUT2D eigenvalue weighted by atomic mass is 32.1. The minimum Gasteiger partial charge on any atom is -0.376 e. The van der Waals surface area contributed by atoms with E-state index >= 15 is 0 Å². The van der Waals surface area contributed by atoms with E-state index in [-0.39, 0.29) is 5.91 Å². The fraction of sp³-hybridized carbons (Fsp3) is 0.733. The molecule has 1 aromatic heterocycles. The van der Waals surface area contributed by atoms with Gasteiger partial charge in [-0.15, -0.1) is 11.3 Å². The molecule has 2 aliphatic heterocycles. The molecular formula is C15H23N3O2S. The van der Waals surface area contributed by atoms with E-state index in [0.717, 1.165) is 50.6 Å². The molecule has 0 aliphatic carbocycles. The van der Waals surface area contributed by atoms with Crippen LogP contribution in [0.4, 0.5) is 0 Å². The Morgan fingerprint density at radius 1 is 1.38 bits per heavy atom. The van der Waals surface area contributed by atoms with Crippen molar-refractivity contribution in [2.75, 3.05) is 32.8 Å². The summed E-state index contributed by atoms with van der Waals surface area (Å²) in [6.45, 7) is 8.62. The zero-order valence-corrected chi connectivity index (χ0v) is 13.6. The van der Waals surface area contributed by atoms with Crippen molar-refractivity contribution >= 4 is 17.2 Å². The van der Waals surface area contributed by atoms with Gasteiger partial charge in [0.05, 0.1) is 17.7 Å². The predicted octanol–water partition coefficient (Wildman–Crippen LogP) is 1.78. The lowest BCUT2D eigenvalue weighted by atomic mass is 10.0. The minimum absolute atomic E-state index is 0.0909. The zero-order valence-electron chi connectivity index (χ0n) is 12.7. The minimum atomic E-state index is 0.0909. The molecule has 0 spiro atoms. The number of carbonyl (C=O) groups excluding carboxylic acids is 1. The van der Waals surface area contributed by atoms with E-state index < -0.39 is 0 Å². The molecule has 6 heteroatoms. The summed E-state index contributed by atoms with van der Waals surface area (Å²) in [6, 6.07) is 0.595. The molecule has 0 saturated carbocycles. The molecule has 2 saturated heterocycles. The van der Waals surface area contributed by atoms with Crippen molar-refractivity contribution in [2.24, 2.45) is 0 Å². The van der Waals surface area contributed by atoms with Gasteiger partial charge in [0.2, 0.25) is 0 Å². The lowest BCUT2D eigenvalue weighted by molar-refractivity contribution is -0.0423. The van der Waals surface area contributed by atoms with Crippen molar-refractivity contribution in [3.63, 3.8) is 0 Å². The van der Waals surface area contributed by atoms with Crippen molar-refractivity contribution in [3.8, 4) is 0 Å². The van der Waals surface area contributed by atoms with Gasteiger partial charge in [-0.25, -0.2) is 4.98 Å². The molecule has 0 aromatic carbocycles. The number of thiazole rings is 1. The van der Waals surface area contributed by atoms with Gasteiger partial charge in [-0.3, -0.25) is 9.69 Å². The van der Waals surface area contributed by atoms with E-state index in [0.29, 0.717) is 17.8 Å². The lowest BCUT2D eigenvalue weighted by Gasteiger charge is -2.41. The van der Waals surface area contributed by atoms with Gasteiger partial charge in [0.25, 0.3) is 5.91 Å². The Morgan fingerprint density at radius 3 is 2.76 bits per heavy atom. The average molecular weight is 309 g/mol. The number of rotatable bonds is 2. The third-order valence-electron chi connectivity index (χ3n) is 4.38. The number of ether oxygens (including phenoxy) is 1. The molecule has 1 amide bonds. The highest BCUT2D eigenvalue weighted by Gasteiger charge is 2.30. The number of aromatic nitrogens is 1. The van der Waals surface area contributed by atoms with E-state index in [4.69, 9.17) is 4.74 Å². The molecule has 1 aromatic rings. The van der Waals surface area contributed by atoms with E-state index in [1.165, 1.54) is 11.3 Å². The molecule has 5 nitrogen and oxygen atoms in total. The first-order valence-electron chi connectivity index (χ1n) is 7.70. The maximum absolute atomic E-state index is 12.4. The van der Waals surface area contributed by atoms with Crippen molar-refractivity contribution in [3.05, 3.63) is 16.1 Å². The second-order valence-electron chi connectivity index (χ2n) is 5.95. The molecule has 2 fully saturated rings. The average Bonchev–Trinajstić information content (AvgIpc) is 2.93. The lowest BCUT2D eigenvalue weighted by Crippen LogP contribution is -2.51. The first-order valence-corrected chi connectivity index (χ1v) is 8.58. The molecule has 1 atom stereocenters. The number of likely N-dealkylation sites (tertiary alicyclic amines) is 1. The Labute approximate surface area is 129 Å². The zero-order chi connectivity index (χ0) is 14.8. The molecule has 2 aliphatic rings.